The van der Waals surface area contributed by atoms with Crippen molar-refractivity contribution in [2.75, 3.05) is 0 Å². The summed E-state index contributed by atoms with van der Waals surface area (Å²) in [5.41, 5.74) is 0.554. The van der Waals surface area contributed by atoms with E-state index in [1.54, 1.807) is 12.1 Å². The second-order valence-electron chi connectivity index (χ2n) is 8.67. The molecular weight excluding hydrogens is 478 g/mol. The third kappa shape index (κ3) is 3.31. The highest BCUT2D eigenvalue weighted by Crippen LogP contribution is 2.56. The maximum absolute atomic E-state index is 13.5. The van der Waals surface area contributed by atoms with E-state index in [2.05, 4.69) is 15.9 Å². The molecule has 1 aliphatic heterocycles. The van der Waals surface area contributed by atoms with Crippen LogP contribution in [0.25, 0.3) is 0 Å². The van der Waals surface area contributed by atoms with Crippen LogP contribution in [0.2, 0.25) is 0 Å². The van der Waals surface area contributed by atoms with Crippen LogP contribution in [-0.2, 0) is 16.1 Å². The molecule has 0 N–H and O–H groups in total. The Kier molecular flexibility index (Phi) is 5.08. The number of halogens is 1. The predicted molar refractivity (Wildman–Crippen MR) is 117 cm³/mol. The highest BCUT2D eigenvalue weighted by Gasteiger charge is 2.62. The number of fused-ring (bicyclic) bond motifs is 5. The molecule has 2 aromatic carbocycles. The number of nitro groups is 1. The molecule has 2 aliphatic carbocycles. The van der Waals surface area contributed by atoms with Gasteiger partial charge in [-0.3, -0.25) is 24.5 Å². The second kappa shape index (κ2) is 7.81. The van der Waals surface area contributed by atoms with Crippen LogP contribution < -0.4 is 0 Å². The smallest absolute Gasteiger partial charge is 0.272 e. The summed E-state index contributed by atoms with van der Waals surface area (Å²) < 4.78 is 0.859. The van der Waals surface area contributed by atoms with E-state index in [1.165, 1.54) is 24.3 Å². The van der Waals surface area contributed by atoms with E-state index in [0.717, 1.165) is 39.3 Å². The molecule has 8 nitrogen and oxygen atoms in total. The van der Waals surface area contributed by atoms with Crippen LogP contribution in [0, 0.1) is 33.8 Å². The van der Waals surface area contributed by atoms with E-state index in [1.807, 2.05) is 12.1 Å². The Balaban J connectivity index is 1.53. The Hall–Kier alpha value is -3.07. The van der Waals surface area contributed by atoms with Gasteiger partial charge in [-0.1, -0.05) is 34.1 Å². The second-order valence-corrected chi connectivity index (χ2v) is 9.59. The average Bonchev–Trinajstić information content (AvgIpc) is 3.47. The van der Waals surface area contributed by atoms with Crippen LogP contribution >= 0.6 is 15.9 Å². The molecule has 1 saturated heterocycles. The summed E-state index contributed by atoms with van der Waals surface area (Å²) in [5.74, 6) is -1.64. The van der Waals surface area contributed by atoms with Gasteiger partial charge in [0.2, 0.25) is 0 Å². The number of imide groups is 1. The van der Waals surface area contributed by atoms with E-state index in [-0.39, 0.29) is 53.3 Å². The van der Waals surface area contributed by atoms with E-state index in [4.69, 9.17) is 0 Å². The molecule has 5 rings (SSSR count). The van der Waals surface area contributed by atoms with Gasteiger partial charge in [-0.05, 0) is 54.9 Å². The zero-order valence-corrected chi connectivity index (χ0v) is 18.6. The quantitative estimate of drug-likeness (QED) is 0.353. The molecule has 0 unspecified atom stereocenters. The van der Waals surface area contributed by atoms with Gasteiger partial charge in [0.25, 0.3) is 23.4 Å². The summed E-state index contributed by atoms with van der Waals surface area (Å²) in [6.45, 7) is 0.00105. The Morgan fingerprint density at radius 3 is 2.28 bits per heavy atom. The topological polar surface area (TPSA) is 101 Å². The first-order valence-corrected chi connectivity index (χ1v) is 11.3. The fourth-order valence-corrected chi connectivity index (χ4v) is 5.79. The molecule has 3 amide bonds. The highest BCUT2D eigenvalue weighted by atomic mass is 79.9. The number of rotatable bonds is 5. The largest absolute Gasteiger partial charge is 0.273 e. The van der Waals surface area contributed by atoms with Crippen molar-refractivity contribution in [2.45, 2.75) is 25.8 Å². The van der Waals surface area contributed by atoms with Gasteiger partial charge in [-0.2, -0.15) is 5.01 Å². The molecule has 2 saturated carbocycles. The standard InChI is InChI=1S/C23H20BrN3O5/c24-17-8-4-13(5-9-17)12-25(21(28)16-2-1-3-18(11-16)27(31)32)26-22(29)19-14-6-7-15(10-14)20(19)23(26)30/h1-5,8-9,11,14-15,19-20H,6-7,10,12H2/t14-,15-,19-,20-/m0/s1. The van der Waals surface area contributed by atoms with Gasteiger partial charge in [0, 0.05) is 22.2 Å². The molecule has 4 atom stereocenters. The number of hydrogen-bond donors (Lipinski definition) is 0. The molecule has 2 aromatic rings. The van der Waals surface area contributed by atoms with Gasteiger partial charge in [0.1, 0.15) is 0 Å². The van der Waals surface area contributed by atoms with Crippen LogP contribution in [0.5, 0.6) is 0 Å². The molecule has 1 heterocycles. The van der Waals surface area contributed by atoms with Crippen molar-refractivity contribution in [1.82, 2.24) is 10.0 Å². The summed E-state index contributed by atoms with van der Waals surface area (Å²) in [4.78, 5) is 50.9. The van der Waals surface area contributed by atoms with Gasteiger partial charge < -0.3 is 0 Å². The number of carbonyl (C=O) groups is 3. The molecule has 3 aliphatic rings. The number of amides is 3. The lowest BCUT2D eigenvalue weighted by Crippen LogP contribution is -2.50. The van der Waals surface area contributed by atoms with Crippen molar-refractivity contribution in [3.05, 3.63) is 74.2 Å². The Morgan fingerprint density at radius 1 is 1.06 bits per heavy atom. The third-order valence-corrected chi connectivity index (χ3v) is 7.46. The lowest BCUT2D eigenvalue weighted by molar-refractivity contribution is -0.384. The predicted octanol–water partition coefficient (Wildman–Crippen LogP) is 3.95. The average molecular weight is 498 g/mol. The molecule has 2 bridgehead atoms. The van der Waals surface area contributed by atoms with Gasteiger partial charge >= 0.3 is 0 Å². The number of hydrogen-bond acceptors (Lipinski definition) is 5. The maximum atomic E-state index is 13.5. The van der Waals surface area contributed by atoms with Gasteiger partial charge in [-0.25, -0.2) is 5.01 Å². The number of benzene rings is 2. The third-order valence-electron chi connectivity index (χ3n) is 6.93. The van der Waals surface area contributed by atoms with Gasteiger partial charge in [0.05, 0.1) is 23.3 Å². The zero-order chi connectivity index (χ0) is 22.6. The lowest BCUT2D eigenvalue weighted by Gasteiger charge is -2.31. The lowest BCUT2D eigenvalue weighted by atomic mass is 9.81. The van der Waals surface area contributed by atoms with Crippen molar-refractivity contribution in [3.8, 4) is 0 Å². The number of non-ortho nitro benzene ring substituents is 1. The van der Waals surface area contributed by atoms with Gasteiger partial charge in [0.15, 0.2) is 0 Å². The van der Waals surface area contributed by atoms with Crippen LogP contribution in [0.15, 0.2) is 53.0 Å². The van der Waals surface area contributed by atoms with Crippen LogP contribution in [0.4, 0.5) is 5.69 Å². The summed E-state index contributed by atoms with van der Waals surface area (Å²) >= 11 is 3.37. The highest BCUT2D eigenvalue weighted by molar-refractivity contribution is 9.10. The SMILES string of the molecule is O=C(c1cccc([N+](=O)[O-])c1)N(Cc1ccc(Br)cc1)N1C(=O)[C@H]2[C@H]3CC[C@@H](C3)[C@@H]2C1=O. The first kappa shape index (κ1) is 20.8. The Labute approximate surface area is 192 Å². The number of hydrazine groups is 1. The van der Waals surface area contributed by atoms with E-state index >= 15 is 0 Å². The monoisotopic (exact) mass is 497 g/mol. The molecule has 0 radical (unpaired) electrons. The normalized spacial score (nSPS) is 25.8. The zero-order valence-electron chi connectivity index (χ0n) is 17.0. The van der Waals surface area contributed by atoms with E-state index < -0.39 is 10.8 Å². The van der Waals surface area contributed by atoms with Crippen molar-refractivity contribution in [1.29, 1.82) is 0 Å². The molecule has 32 heavy (non-hydrogen) atoms. The molecule has 164 valence electrons. The van der Waals surface area contributed by atoms with Crippen molar-refractivity contribution in [2.24, 2.45) is 23.7 Å². The minimum atomic E-state index is -0.620. The molecule has 3 fully saturated rings. The van der Waals surface area contributed by atoms with Crippen molar-refractivity contribution >= 4 is 39.3 Å². The number of carbonyl (C=O) groups excluding carboxylic acids is 3. The van der Waals surface area contributed by atoms with Gasteiger partial charge in [-0.15, -0.1) is 0 Å². The summed E-state index contributed by atoms with van der Waals surface area (Å²) in [7, 11) is 0. The summed E-state index contributed by atoms with van der Waals surface area (Å²) in [5, 5.41) is 13.4. The molecule has 0 spiro atoms. The number of nitrogens with zero attached hydrogens (tertiary/aromatic N) is 3. The van der Waals surface area contributed by atoms with Crippen LogP contribution in [-0.4, -0.2) is 32.7 Å². The van der Waals surface area contributed by atoms with Crippen molar-refractivity contribution in [3.63, 3.8) is 0 Å². The van der Waals surface area contributed by atoms with E-state index in [9.17, 15) is 24.5 Å². The van der Waals surface area contributed by atoms with Crippen LogP contribution in [0.1, 0.15) is 35.2 Å². The fraction of sp³-hybridized carbons (Fsp3) is 0.348. The first-order valence-electron chi connectivity index (χ1n) is 10.5. The minimum Gasteiger partial charge on any atom is -0.272 e. The molecule has 0 aromatic heterocycles. The van der Waals surface area contributed by atoms with E-state index in [0.29, 0.717) is 0 Å². The fourth-order valence-electron chi connectivity index (χ4n) is 5.53. The first-order chi connectivity index (χ1) is 15.3. The Bertz CT molecular complexity index is 1110. The minimum absolute atomic E-state index is 0.00105. The molecular formula is C23H20BrN3O5. The van der Waals surface area contributed by atoms with Crippen molar-refractivity contribution < 1.29 is 19.3 Å². The molecule has 9 heteroatoms. The maximum Gasteiger partial charge on any atom is 0.273 e. The van der Waals surface area contributed by atoms with Crippen LogP contribution in [0.3, 0.4) is 0 Å². The summed E-state index contributed by atoms with van der Waals surface area (Å²) in [6.07, 6.45) is 2.76. The summed E-state index contributed by atoms with van der Waals surface area (Å²) in [6, 6.07) is 12.6. The Morgan fingerprint density at radius 2 is 1.69 bits per heavy atom. The number of nitro benzene ring substituents is 1.